The van der Waals surface area contributed by atoms with E-state index in [1.165, 1.54) is 24.0 Å². The molecule has 1 heterocycles. The number of nitrogens with one attached hydrogen (secondary N) is 1. The lowest BCUT2D eigenvalue weighted by Crippen LogP contribution is -2.08. The Balaban J connectivity index is 2.26. The third-order valence-electron chi connectivity index (χ3n) is 3.80. The fourth-order valence-corrected chi connectivity index (χ4v) is 3.57. The molecule has 0 aliphatic rings. The standard InChI is InChI=1S/C20H15N3O3S/c1-3-17(24)23-16-9-13(10-21)20(27-14-7-5-4-6-8-14)18(19(16)25)15-11-22-26-12(15)2/h3-9,11,25H,1H2,2H3,(H,23,24). The van der Waals surface area contributed by atoms with Gasteiger partial charge < -0.3 is 14.9 Å². The van der Waals surface area contributed by atoms with Crippen molar-refractivity contribution in [2.24, 2.45) is 0 Å². The topological polar surface area (TPSA) is 99.2 Å². The van der Waals surface area contributed by atoms with Crippen LogP contribution in [-0.4, -0.2) is 16.2 Å². The molecule has 1 aromatic heterocycles. The quantitative estimate of drug-likeness (QED) is 0.501. The van der Waals surface area contributed by atoms with Crippen molar-refractivity contribution in [3.63, 3.8) is 0 Å². The number of nitriles is 1. The summed E-state index contributed by atoms with van der Waals surface area (Å²) in [5.41, 5.74) is 1.33. The minimum Gasteiger partial charge on any atom is -0.505 e. The Hall–Kier alpha value is -3.50. The summed E-state index contributed by atoms with van der Waals surface area (Å²) in [6.07, 6.45) is 2.56. The van der Waals surface area contributed by atoms with Gasteiger partial charge in [0.2, 0.25) is 5.91 Å². The Morgan fingerprint density at radius 1 is 1.41 bits per heavy atom. The molecule has 2 aromatic carbocycles. The van der Waals surface area contributed by atoms with Gasteiger partial charge >= 0.3 is 0 Å². The van der Waals surface area contributed by atoms with Gasteiger partial charge in [-0.2, -0.15) is 5.26 Å². The Labute approximate surface area is 160 Å². The van der Waals surface area contributed by atoms with E-state index < -0.39 is 5.91 Å². The van der Waals surface area contributed by atoms with Crippen molar-refractivity contribution >= 4 is 23.4 Å². The molecular formula is C20H15N3O3S. The first-order valence-corrected chi connectivity index (χ1v) is 8.74. The van der Waals surface area contributed by atoms with Gasteiger partial charge in [-0.25, -0.2) is 0 Å². The molecule has 0 saturated carbocycles. The van der Waals surface area contributed by atoms with E-state index in [2.05, 4.69) is 23.1 Å². The molecule has 27 heavy (non-hydrogen) atoms. The molecule has 134 valence electrons. The maximum atomic E-state index is 11.7. The molecule has 0 unspecified atom stereocenters. The van der Waals surface area contributed by atoms with E-state index >= 15 is 0 Å². The van der Waals surface area contributed by atoms with Crippen LogP contribution in [0.3, 0.4) is 0 Å². The number of carbonyl (C=O) groups is 1. The monoisotopic (exact) mass is 377 g/mol. The van der Waals surface area contributed by atoms with Crippen LogP contribution in [0.2, 0.25) is 0 Å². The van der Waals surface area contributed by atoms with E-state index in [0.717, 1.165) is 11.0 Å². The van der Waals surface area contributed by atoms with Gasteiger partial charge in [0.25, 0.3) is 0 Å². The number of amides is 1. The van der Waals surface area contributed by atoms with Crippen LogP contribution in [0.5, 0.6) is 5.75 Å². The minimum atomic E-state index is -0.495. The Kier molecular flexibility index (Phi) is 5.29. The number of benzene rings is 2. The summed E-state index contributed by atoms with van der Waals surface area (Å²) in [6.45, 7) is 5.11. The predicted octanol–water partition coefficient (Wildman–Crippen LogP) is 4.50. The Morgan fingerprint density at radius 3 is 2.74 bits per heavy atom. The van der Waals surface area contributed by atoms with Gasteiger partial charge in [0.05, 0.1) is 17.4 Å². The number of aryl methyl sites for hydroxylation is 1. The zero-order valence-corrected chi connectivity index (χ0v) is 15.2. The average molecular weight is 377 g/mol. The molecule has 7 heteroatoms. The molecule has 0 aliphatic heterocycles. The second kappa shape index (κ2) is 7.81. The summed E-state index contributed by atoms with van der Waals surface area (Å²) >= 11 is 1.34. The lowest BCUT2D eigenvalue weighted by atomic mass is 10.0. The third kappa shape index (κ3) is 3.71. The molecule has 3 rings (SSSR count). The highest BCUT2D eigenvalue weighted by Gasteiger charge is 2.23. The van der Waals surface area contributed by atoms with Gasteiger partial charge in [0.15, 0.2) is 0 Å². The zero-order chi connectivity index (χ0) is 19.4. The van der Waals surface area contributed by atoms with Gasteiger partial charge in [0, 0.05) is 20.9 Å². The molecule has 1 amide bonds. The average Bonchev–Trinajstić information content (AvgIpc) is 3.10. The first kappa shape index (κ1) is 18.3. The summed E-state index contributed by atoms with van der Waals surface area (Å²) in [7, 11) is 0. The minimum absolute atomic E-state index is 0.115. The first-order valence-electron chi connectivity index (χ1n) is 7.93. The van der Waals surface area contributed by atoms with Gasteiger partial charge in [-0.1, -0.05) is 41.7 Å². The van der Waals surface area contributed by atoms with E-state index in [1.54, 1.807) is 6.92 Å². The highest BCUT2D eigenvalue weighted by Crippen LogP contribution is 2.47. The molecule has 6 nitrogen and oxygen atoms in total. The number of phenolic OH excluding ortho intramolecular Hbond substituents is 1. The fourth-order valence-electron chi connectivity index (χ4n) is 2.52. The van der Waals surface area contributed by atoms with E-state index in [4.69, 9.17) is 4.52 Å². The van der Waals surface area contributed by atoms with Crippen molar-refractivity contribution in [3.05, 3.63) is 66.6 Å². The predicted molar refractivity (Wildman–Crippen MR) is 102 cm³/mol. The summed E-state index contributed by atoms with van der Waals surface area (Å²) in [5, 5.41) is 26.8. The molecule has 0 saturated heterocycles. The number of phenols is 1. The maximum Gasteiger partial charge on any atom is 0.247 e. The number of anilines is 1. The molecular weight excluding hydrogens is 362 g/mol. The largest absolute Gasteiger partial charge is 0.505 e. The van der Waals surface area contributed by atoms with Crippen LogP contribution in [-0.2, 0) is 4.79 Å². The third-order valence-corrected chi connectivity index (χ3v) is 4.94. The number of hydrogen-bond donors (Lipinski definition) is 2. The highest BCUT2D eigenvalue weighted by atomic mass is 32.2. The number of hydrogen-bond acceptors (Lipinski definition) is 6. The molecule has 0 bridgehead atoms. The van der Waals surface area contributed by atoms with Crippen LogP contribution in [0.15, 0.2) is 69.6 Å². The number of nitrogens with zero attached hydrogens (tertiary/aromatic N) is 2. The van der Waals surface area contributed by atoms with Crippen molar-refractivity contribution in [1.29, 1.82) is 5.26 Å². The van der Waals surface area contributed by atoms with Crippen molar-refractivity contribution < 1.29 is 14.4 Å². The highest BCUT2D eigenvalue weighted by molar-refractivity contribution is 7.99. The normalized spacial score (nSPS) is 10.2. The molecule has 0 radical (unpaired) electrons. The van der Waals surface area contributed by atoms with Gasteiger partial charge in [-0.15, -0.1) is 0 Å². The van der Waals surface area contributed by atoms with E-state index in [0.29, 0.717) is 27.3 Å². The van der Waals surface area contributed by atoms with E-state index in [9.17, 15) is 15.2 Å². The molecule has 2 N–H and O–H groups in total. The number of aromatic nitrogens is 1. The number of aromatic hydroxyl groups is 1. The van der Waals surface area contributed by atoms with Crippen LogP contribution in [0, 0.1) is 18.3 Å². The summed E-state index contributed by atoms with van der Waals surface area (Å²) in [4.78, 5) is 13.2. The molecule has 0 atom stereocenters. The van der Waals surface area contributed by atoms with Gasteiger partial charge in [-0.3, -0.25) is 4.79 Å². The lowest BCUT2D eigenvalue weighted by molar-refractivity contribution is -0.111. The van der Waals surface area contributed by atoms with Crippen LogP contribution >= 0.6 is 11.8 Å². The summed E-state index contributed by atoms with van der Waals surface area (Å²) < 4.78 is 5.14. The Bertz CT molecular complexity index is 1050. The van der Waals surface area contributed by atoms with Crippen LogP contribution in [0.25, 0.3) is 11.1 Å². The first-order chi connectivity index (χ1) is 13.0. The van der Waals surface area contributed by atoms with Crippen molar-refractivity contribution in [2.75, 3.05) is 5.32 Å². The second-order valence-corrected chi connectivity index (χ2v) is 6.62. The maximum absolute atomic E-state index is 11.7. The van der Waals surface area contributed by atoms with Crippen LogP contribution < -0.4 is 5.32 Å². The van der Waals surface area contributed by atoms with Crippen LogP contribution in [0.4, 0.5) is 5.69 Å². The molecule has 0 spiro atoms. The second-order valence-electron chi connectivity index (χ2n) is 5.54. The van der Waals surface area contributed by atoms with Gasteiger partial charge in [-0.05, 0) is 31.2 Å². The van der Waals surface area contributed by atoms with Gasteiger partial charge in [0.1, 0.15) is 17.6 Å². The molecule has 0 fully saturated rings. The van der Waals surface area contributed by atoms with E-state index in [1.807, 2.05) is 30.3 Å². The molecule has 0 aliphatic carbocycles. The molecule has 3 aromatic rings. The number of carbonyl (C=O) groups excluding carboxylic acids is 1. The Morgan fingerprint density at radius 2 is 2.15 bits per heavy atom. The smallest absolute Gasteiger partial charge is 0.247 e. The van der Waals surface area contributed by atoms with E-state index in [-0.39, 0.29) is 11.4 Å². The SMILES string of the molecule is C=CC(=O)Nc1cc(C#N)c(Sc2ccccc2)c(-c2cnoc2C)c1O. The van der Waals surface area contributed by atoms with Crippen molar-refractivity contribution in [3.8, 4) is 22.9 Å². The van der Waals surface area contributed by atoms with Crippen molar-refractivity contribution in [2.45, 2.75) is 16.7 Å². The fraction of sp³-hybridized carbons (Fsp3) is 0.0500. The number of rotatable bonds is 5. The van der Waals surface area contributed by atoms with Crippen LogP contribution in [0.1, 0.15) is 11.3 Å². The van der Waals surface area contributed by atoms with Crippen molar-refractivity contribution in [1.82, 2.24) is 5.16 Å². The summed E-state index contributed by atoms with van der Waals surface area (Å²) in [6, 6.07) is 13.0. The lowest BCUT2D eigenvalue weighted by Gasteiger charge is -2.16. The zero-order valence-electron chi connectivity index (χ0n) is 14.4. The summed E-state index contributed by atoms with van der Waals surface area (Å²) in [5.74, 6) is -0.184.